The van der Waals surface area contributed by atoms with E-state index in [1.807, 2.05) is 0 Å². The highest BCUT2D eigenvalue weighted by Gasteiger charge is 2.36. The first-order valence-electron chi connectivity index (χ1n) is 10.2. The van der Waals surface area contributed by atoms with Crippen LogP contribution in [0.3, 0.4) is 0 Å². The molecule has 2 rings (SSSR count). The molecule has 35 heavy (non-hydrogen) atoms. The number of halogens is 3. The molecule has 0 aliphatic rings. The molecule has 1 aromatic carbocycles. The molecule has 0 atom stereocenters. The number of pyridine rings is 1. The number of carbonyl (C=O) groups is 3. The van der Waals surface area contributed by atoms with Gasteiger partial charge < -0.3 is 15.0 Å². The summed E-state index contributed by atoms with van der Waals surface area (Å²) in [7, 11) is 2.78. The minimum atomic E-state index is -4.77. The number of benzene rings is 1. The molecule has 1 aromatic heterocycles. The second kappa shape index (κ2) is 10.4. The van der Waals surface area contributed by atoms with Gasteiger partial charge in [-0.15, -0.1) is 0 Å². The van der Waals surface area contributed by atoms with E-state index in [-0.39, 0.29) is 28.3 Å². The molecular formula is C23H24F3N5O4. The molecule has 2 aromatic rings. The van der Waals surface area contributed by atoms with E-state index in [1.165, 1.54) is 37.3 Å². The summed E-state index contributed by atoms with van der Waals surface area (Å²) in [5.41, 5.74) is -2.74. The summed E-state index contributed by atoms with van der Waals surface area (Å²) in [4.78, 5) is 42.2. The van der Waals surface area contributed by atoms with Crippen molar-refractivity contribution in [2.45, 2.75) is 39.0 Å². The van der Waals surface area contributed by atoms with Crippen molar-refractivity contribution < 1.29 is 32.3 Å². The van der Waals surface area contributed by atoms with Crippen LogP contribution in [-0.4, -0.2) is 42.5 Å². The van der Waals surface area contributed by atoms with Gasteiger partial charge in [-0.2, -0.15) is 18.4 Å². The Morgan fingerprint density at radius 3 is 2.26 bits per heavy atom. The van der Waals surface area contributed by atoms with Gasteiger partial charge in [0, 0.05) is 25.9 Å². The molecule has 0 fully saturated rings. The fourth-order valence-corrected chi connectivity index (χ4v) is 2.91. The first-order chi connectivity index (χ1) is 16.1. The maximum Gasteiger partial charge on any atom is 0.418 e. The lowest BCUT2D eigenvalue weighted by atomic mass is 10.1. The molecule has 9 nitrogen and oxygen atoms in total. The Hall–Kier alpha value is -4.14. The van der Waals surface area contributed by atoms with E-state index >= 15 is 0 Å². The van der Waals surface area contributed by atoms with Crippen LogP contribution >= 0.6 is 0 Å². The number of hydrogen-bond donors (Lipinski definition) is 2. The Morgan fingerprint density at radius 1 is 1.09 bits per heavy atom. The maximum atomic E-state index is 13.7. The van der Waals surface area contributed by atoms with E-state index in [4.69, 9.17) is 10.00 Å². The molecule has 0 radical (unpaired) electrons. The van der Waals surface area contributed by atoms with E-state index in [2.05, 4.69) is 15.6 Å². The number of anilines is 3. The average molecular weight is 491 g/mol. The average Bonchev–Trinajstić information content (AvgIpc) is 2.72. The molecule has 0 spiro atoms. The Kier molecular flexibility index (Phi) is 8.07. The molecule has 0 saturated carbocycles. The van der Waals surface area contributed by atoms with E-state index in [0.29, 0.717) is 6.07 Å². The number of aromatic nitrogens is 1. The van der Waals surface area contributed by atoms with Crippen molar-refractivity contribution in [1.82, 2.24) is 4.98 Å². The Morgan fingerprint density at radius 2 is 1.71 bits per heavy atom. The number of nitrogens with zero attached hydrogens (tertiary/aromatic N) is 3. The number of ether oxygens (including phenoxy) is 1. The zero-order valence-corrected chi connectivity index (χ0v) is 19.7. The molecule has 0 aliphatic carbocycles. The number of alkyl halides is 3. The molecule has 12 heteroatoms. The number of nitrogens with one attached hydrogen (secondary N) is 2. The summed E-state index contributed by atoms with van der Waals surface area (Å²) in [6.45, 7) is 4.82. The quantitative estimate of drug-likeness (QED) is 0.447. The van der Waals surface area contributed by atoms with Crippen LogP contribution in [-0.2, 0) is 15.7 Å². The number of carbonyl (C=O) groups excluding carboxylic acids is 3. The van der Waals surface area contributed by atoms with Crippen LogP contribution in [0.5, 0.6) is 0 Å². The third kappa shape index (κ3) is 7.70. The summed E-state index contributed by atoms with van der Waals surface area (Å²) < 4.78 is 46.3. The SMILES string of the molecule is CN(C)c1cc(NC(=O)OC(C)(C)C)c(NC(=O)CC(=O)c2ccnc(C#N)c2)cc1C(F)(F)F. The van der Waals surface area contributed by atoms with Crippen molar-refractivity contribution in [2.24, 2.45) is 0 Å². The summed E-state index contributed by atoms with van der Waals surface area (Å²) in [5, 5.41) is 13.5. The maximum absolute atomic E-state index is 13.7. The number of amides is 2. The first kappa shape index (κ1) is 27.1. The van der Waals surface area contributed by atoms with Crippen molar-refractivity contribution >= 4 is 34.8 Å². The monoisotopic (exact) mass is 491 g/mol. The summed E-state index contributed by atoms with van der Waals surface area (Å²) in [5.74, 6) is -1.60. The van der Waals surface area contributed by atoms with Gasteiger partial charge in [-0.3, -0.25) is 14.9 Å². The number of nitriles is 1. The van der Waals surface area contributed by atoms with Gasteiger partial charge in [0.05, 0.1) is 29.0 Å². The molecule has 186 valence electrons. The van der Waals surface area contributed by atoms with Crippen molar-refractivity contribution in [2.75, 3.05) is 29.6 Å². The second-order valence-electron chi connectivity index (χ2n) is 8.62. The Balaban J connectivity index is 2.41. The van der Waals surface area contributed by atoms with Gasteiger partial charge in [-0.25, -0.2) is 9.78 Å². The summed E-state index contributed by atoms with van der Waals surface area (Å²) in [6.07, 6.45) is -5.22. The van der Waals surface area contributed by atoms with Crippen LogP contribution in [0.4, 0.5) is 35.0 Å². The highest BCUT2D eigenvalue weighted by atomic mass is 19.4. The fraction of sp³-hybridized carbons (Fsp3) is 0.348. The van der Waals surface area contributed by atoms with E-state index in [9.17, 15) is 27.6 Å². The van der Waals surface area contributed by atoms with Crippen molar-refractivity contribution in [3.8, 4) is 6.07 Å². The summed E-state index contributed by atoms with van der Waals surface area (Å²) >= 11 is 0. The minimum absolute atomic E-state index is 0.0331. The smallest absolute Gasteiger partial charge is 0.418 e. The first-order valence-corrected chi connectivity index (χ1v) is 10.2. The predicted octanol–water partition coefficient (Wildman–Crippen LogP) is 4.60. The zero-order chi connectivity index (χ0) is 26.6. The minimum Gasteiger partial charge on any atom is -0.444 e. The molecule has 0 saturated heterocycles. The van der Waals surface area contributed by atoms with Crippen LogP contribution in [0.25, 0.3) is 0 Å². The van der Waals surface area contributed by atoms with E-state index in [1.54, 1.807) is 26.8 Å². The largest absolute Gasteiger partial charge is 0.444 e. The highest BCUT2D eigenvalue weighted by molar-refractivity contribution is 6.12. The van der Waals surface area contributed by atoms with Crippen molar-refractivity contribution in [1.29, 1.82) is 5.26 Å². The molecule has 0 bridgehead atoms. The third-order valence-corrected chi connectivity index (χ3v) is 4.35. The van der Waals surface area contributed by atoms with Crippen LogP contribution in [0.2, 0.25) is 0 Å². The molecule has 2 amide bonds. The number of rotatable bonds is 6. The molecular weight excluding hydrogens is 467 g/mol. The van der Waals surface area contributed by atoms with Gasteiger partial charge in [-0.1, -0.05) is 0 Å². The van der Waals surface area contributed by atoms with Crippen molar-refractivity contribution in [3.63, 3.8) is 0 Å². The van der Waals surface area contributed by atoms with Gasteiger partial charge in [0.1, 0.15) is 17.4 Å². The van der Waals surface area contributed by atoms with Gasteiger partial charge in [0.15, 0.2) is 5.78 Å². The molecule has 1 heterocycles. The lowest BCUT2D eigenvalue weighted by Gasteiger charge is -2.24. The van der Waals surface area contributed by atoms with Gasteiger partial charge >= 0.3 is 12.3 Å². The van der Waals surface area contributed by atoms with Crippen LogP contribution < -0.4 is 15.5 Å². The molecule has 0 aliphatic heterocycles. The lowest BCUT2D eigenvalue weighted by Crippen LogP contribution is -2.28. The van der Waals surface area contributed by atoms with Crippen LogP contribution in [0.1, 0.15) is 48.8 Å². The molecule has 2 N–H and O–H groups in total. The normalized spacial score (nSPS) is 11.3. The second-order valence-corrected chi connectivity index (χ2v) is 8.62. The van der Waals surface area contributed by atoms with Gasteiger partial charge in [0.2, 0.25) is 5.91 Å². The Labute approximate surface area is 199 Å². The number of ketones is 1. The fourth-order valence-electron chi connectivity index (χ4n) is 2.91. The Bertz CT molecular complexity index is 1180. The lowest BCUT2D eigenvalue weighted by molar-refractivity contribution is -0.137. The zero-order valence-electron chi connectivity index (χ0n) is 19.7. The van der Waals surface area contributed by atoms with E-state index < -0.39 is 41.5 Å². The highest BCUT2D eigenvalue weighted by Crippen LogP contribution is 2.41. The van der Waals surface area contributed by atoms with Crippen molar-refractivity contribution in [3.05, 3.63) is 47.3 Å². The third-order valence-electron chi connectivity index (χ3n) is 4.35. The van der Waals surface area contributed by atoms with Crippen LogP contribution in [0.15, 0.2) is 30.5 Å². The number of Topliss-reactive ketones (excluding diaryl/α,β-unsaturated/α-hetero) is 1. The topological polar surface area (TPSA) is 124 Å². The molecule has 0 unspecified atom stereocenters. The van der Waals surface area contributed by atoms with E-state index in [0.717, 1.165) is 6.07 Å². The summed E-state index contributed by atoms with van der Waals surface area (Å²) in [6, 6.07) is 5.98. The van der Waals surface area contributed by atoms with Gasteiger partial charge in [-0.05, 0) is 45.0 Å². The van der Waals surface area contributed by atoms with Gasteiger partial charge in [0.25, 0.3) is 0 Å². The number of hydrogen-bond acceptors (Lipinski definition) is 7. The van der Waals surface area contributed by atoms with Crippen LogP contribution in [0, 0.1) is 11.3 Å². The predicted molar refractivity (Wildman–Crippen MR) is 122 cm³/mol. The standard InChI is InChI=1S/C23H24F3N5O4/c1-22(2,3)35-21(34)30-17-10-18(31(4)5)15(23(24,25)26)9-16(17)29-20(33)11-19(32)13-6-7-28-14(8-13)12-27/h6-10H,11H2,1-5H3,(H,29,33)(H,30,34).